The molecule has 0 aliphatic carbocycles. The average Bonchev–Trinajstić information content (AvgIpc) is 2.52. The Morgan fingerprint density at radius 2 is 2.29 bits per heavy atom. The Hall–Kier alpha value is -1.38. The van der Waals surface area contributed by atoms with Gasteiger partial charge in [-0.15, -0.1) is 0 Å². The molecule has 1 aromatic carbocycles. The van der Waals surface area contributed by atoms with Crippen LogP contribution in [0.2, 0.25) is 0 Å². The number of benzene rings is 1. The summed E-state index contributed by atoms with van der Waals surface area (Å²) in [6, 6.07) is 6.84. The standard InChI is InChI=1S/C14H18FNO/c1-3-12-14(2,9-13(17)16-12)8-10-5-4-6-11(15)7-10/h4-7,12H,3,8-9H2,1-2H3,(H,16,17). The number of nitrogens with one attached hydrogen (secondary N) is 1. The summed E-state index contributed by atoms with van der Waals surface area (Å²) in [5.74, 6) is -0.104. The first kappa shape index (κ1) is 12.1. The lowest BCUT2D eigenvalue weighted by Gasteiger charge is -2.29. The number of rotatable bonds is 3. The molecule has 0 bridgehead atoms. The number of halogens is 1. The topological polar surface area (TPSA) is 29.1 Å². The minimum Gasteiger partial charge on any atom is -0.353 e. The Labute approximate surface area is 101 Å². The summed E-state index contributed by atoms with van der Waals surface area (Å²) in [5, 5.41) is 3.00. The first-order chi connectivity index (χ1) is 8.03. The van der Waals surface area contributed by atoms with Crippen LogP contribution in [0.5, 0.6) is 0 Å². The van der Waals surface area contributed by atoms with Gasteiger partial charge in [0.25, 0.3) is 0 Å². The van der Waals surface area contributed by atoms with E-state index < -0.39 is 0 Å². The van der Waals surface area contributed by atoms with Crippen molar-refractivity contribution < 1.29 is 9.18 Å². The summed E-state index contributed by atoms with van der Waals surface area (Å²) in [5.41, 5.74) is 0.863. The van der Waals surface area contributed by atoms with E-state index in [2.05, 4.69) is 19.2 Å². The van der Waals surface area contributed by atoms with Crippen LogP contribution in [-0.2, 0) is 11.2 Å². The lowest BCUT2D eigenvalue weighted by molar-refractivity contribution is -0.119. The Balaban J connectivity index is 2.19. The molecule has 0 saturated carbocycles. The van der Waals surface area contributed by atoms with Gasteiger partial charge in [-0.25, -0.2) is 4.39 Å². The highest BCUT2D eigenvalue weighted by Gasteiger charge is 2.41. The summed E-state index contributed by atoms with van der Waals surface area (Å²) >= 11 is 0. The van der Waals surface area contributed by atoms with Crippen LogP contribution in [0.1, 0.15) is 32.3 Å². The zero-order chi connectivity index (χ0) is 12.5. The number of carbonyl (C=O) groups excluding carboxylic acids is 1. The maximum Gasteiger partial charge on any atom is 0.220 e. The van der Waals surface area contributed by atoms with E-state index in [0.29, 0.717) is 6.42 Å². The maximum absolute atomic E-state index is 13.1. The van der Waals surface area contributed by atoms with Crippen LogP contribution >= 0.6 is 0 Å². The lowest BCUT2D eigenvalue weighted by Crippen LogP contribution is -2.36. The van der Waals surface area contributed by atoms with E-state index in [-0.39, 0.29) is 23.2 Å². The van der Waals surface area contributed by atoms with E-state index in [1.807, 2.05) is 6.07 Å². The highest BCUT2D eigenvalue weighted by atomic mass is 19.1. The molecular formula is C14H18FNO. The number of amides is 1. The molecule has 2 unspecified atom stereocenters. The monoisotopic (exact) mass is 235 g/mol. The Morgan fingerprint density at radius 3 is 2.94 bits per heavy atom. The largest absolute Gasteiger partial charge is 0.353 e. The van der Waals surface area contributed by atoms with Crippen molar-refractivity contribution >= 4 is 5.91 Å². The third kappa shape index (κ3) is 2.48. The predicted octanol–water partition coefficient (Wildman–Crippen LogP) is 2.67. The van der Waals surface area contributed by atoms with E-state index in [1.54, 1.807) is 12.1 Å². The molecular weight excluding hydrogens is 217 g/mol. The molecule has 0 spiro atoms. The van der Waals surface area contributed by atoms with E-state index in [1.165, 1.54) is 6.07 Å². The van der Waals surface area contributed by atoms with Gasteiger partial charge in [0.1, 0.15) is 5.82 Å². The second-order valence-electron chi connectivity index (χ2n) is 5.17. The SMILES string of the molecule is CCC1NC(=O)CC1(C)Cc1cccc(F)c1. The molecule has 1 aliphatic rings. The zero-order valence-corrected chi connectivity index (χ0v) is 10.3. The van der Waals surface area contributed by atoms with Gasteiger partial charge < -0.3 is 5.32 Å². The van der Waals surface area contributed by atoms with Gasteiger partial charge in [0, 0.05) is 17.9 Å². The molecule has 17 heavy (non-hydrogen) atoms. The van der Waals surface area contributed by atoms with Crippen LogP contribution < -0.4 is 5.32 Å². The summed E-state index contributed by atoms with van der Waals surface area (Å²) in [7, 11) is 0. The van der Waals surface area contributed by atoms with Crippen molar-refractivity contribution in [3.63, 3.8) is 0 Å². The van der Waals surface area contributed by atoms with E-state index >= 15 is 0 Å². The minimum atomic E-state index is -0.212. The fourth-order valence-electron chi connectivity index (χ4n) is 2.80. The van der Waals surface area contributed by atoms with Crippen molar-refractivity contribution in [2.45, 2.75) is 39.2 Å². The van der Waals surface area contributed by atoms with Crippen LogP contribution in [0.25, 0.3) is 0 Å². The van der Waals surface area contributed by atoms with Crippen molar-refractivity contribution in [1.82, 2.24) is 5.32 Å². The predicted molar refractivity (Wildman–Crippen MR) is 65.0 cm³/mol. The van der Waals surface area contributed by atoms with Crippen molar-refractivity contribution in [3.8, 4) is 0 Å². The first-order valence-electron chi connectivity index (χ1n) is 6.07. The fraction of sp³-hybridized carbons (Fsp3) is 0.500. The summed E-state index contributed by atoms with van der Waals surface area (Å²) in [6.07, 6.45) is 2.18. The van der Waals surface area contributed by atoms with Crippen molar-refractivity contribution in [3.05, 3.63) is 35.6 Å². The van der Waals surface area contributed by atoms with Gasteiger partial charge in [-0.05, 0) is 30.5 Å². The molecule has 0 radical (unpaired) electrons. The molecule has 1 saturated heterocycles. The van der Waals surface area contributed by atoms with Crippen LogP contribution in [0.4, 0.5) is 4.39 Å². The summed E-state index contributed by atoms with van der Waals surface area (Å²) in [4.78, 5) is 11.5. The van der Waals surface area contributed by atoms with Crippen LogP contribution in [0.3, 0.4) is 0 Å². The molecule has 1 heterocycles. The van der Waals surface area contributed by atoms with Crippen molar-refractivity contribution in [2.75, 3.05) is 0 Å². The lowest BCUT2D eigenvalue weighted by atomic mass is 9.76. The third-order valence-corrected chi connectivity index (χ3v) is 3.65. The van der Waals surface area contributed by atoms with Gasteiger partial charge in [0.05, 0.1) is 0 Å². The molecule has 2 nitrogen and oxygen atoms in total. The van der Waals surface area contributed by atoms with Gasteiger partial charge in [-0.1, -0.05) is 26.0 Å². The Kier molecular flexibility index (Phi) is 3.18. The van der Waals surface area contributed by atoms with Crippen molar-refractivity contribution in [1.29, 1.82) is 0 Å². The number of carbonyl (C=O) groups is 1. The maximum atomic E-state index is 13.1. The van der Waals surface area contributed by atoms with Crippen molar-refractivity contribution in [2.24, 2.45) is 5.41 Å². The minimum absolute atomic E-state index is 0.0976. The van der Waals surface area contributed by atoms with Crippen LogP contribution in [-0.4, -0.2) is 11.9 Å². The molecule has 0 aromatic heterocycles. The highest BCUT2D eigenvalue weighted by molar-refractivity contribution is 5.80. The van der Waals surface area contributed by atoms with Gasteiger partial charge in [0.2, 0.25) is 5.91 Å². The Morgan fingerprint density at radius 1 is 1.53 bits per heavy atom. The molecule has 3 heteroatoms. The summed E-state index contributed by atoms with van der Waals surface area (Å²) in [6.45, 7) is 4.17. The number of hydrogen-bond acceptors (Lipinski definition) is 1. The van der Waals surface area contributed by atoms with Gasteiger partial charge >= 0.3 is 0 Å². The second-order valence-corrected chi connectivity index (χ2v) is 5.17. The van der Waals surface area contributed by atoms with Crippen LogP contribution in [0.15, 0.2) is 24.3 Å². The van der Waals surface area contributed by atoms with Crippen LogP contribution in [0, 0.1) is 11.2 Å². The Bertz CT molecular complexity index is 432. The second kappa shape index (κ2) is 4.47. The fourth-order valence-corrected chi connectivity index (χ4v) is 2.80. The first-order valence-corrected chi connectivity index (χ1v) is 6.07. The number of hydrogen-bond donors (Lipinski definition) is 1. The molecule has 2 atom stereocenters. The molecule has 1 N–H and O–H groups in total. The van der Waals surface area contributed by atoms with Gasteiger partial charge in [-0.2, -0.15) is 0 Å². The molecule has 1 amide bonds. The molecule has 1 fully saturated rings. The normalized spacial score (nSPS) is 28.2. The highest BCUT2D eigenvalue weighted by Crippen LogP contribution is 2.36. The van der Waals surface area contributed by atoms with Gasteiger partial charge in [0.15, 0.2) is 0 Å². The van der Waals surface area contributed by atoms with Gasteiger partial charge in [-0.3, -0.25) is 4.79 Å². The third-order valence-electron chi connectivity index (χ3n) is 3.65. The average molecular weight is 235 g/mol. The zero-order valence-electron chi connectivity index (χ0n) is 10.3. The summed E-state index contributed by atoms with van der Waals surface area (Å²) < 4.78 is 13.1. The molecule has 92 valence electrons. The van der Waals surface area contributed by atoms with E-state index in [9.17, 15) is 9.18 Å². The van der Waals surface area contributed by atoms with E-state index in [4.69, 9.17) is 0 Å². The molecule has 1 aliphatic heterocycles. The molecule has 2 rings (SSSR count). The molecule has 1 aromatic rings. The van der Waals surface area contributed by atoms with E-state index in [0.717, 1.165) is 18.4 Å². The smallest absolute Gasteiger partial charge is 0.220 e. The quantitative estimate of drug-likeness (QED) is 0.857.